The predicted octanol–water partition coefficient (Wildman–Crippen LogP) is 10.6. The van der Waals surface area contributed by atoms with Gasteiger partial charge in [-0.1, -0.05) is 0 Å². The Balaban J connectivity index is 1.25. The molecule has 0 aliphatic carbocycles. The van der Waals surface area contributed by atoms with Gasteiger partial charge in [-0.25, -0.2) is 9.80 Å². The van der Waals surface area contributed by atoms with Gasteiger partial charge in [-0.05, 0) is 176 Å². The minimum atomic E-state index is -0.507. The number of carbonyl (C=O) groups excluding carboxylic acids is 5. The summed E-state index contributed by atoms with van der Waals surface area (Å²) in [6, 6.07) is 12.2. The molecule has 2 aliphatic heterocycles. The molecular formula is C29H8Br8N2O5. The standard InChI is InChI=1S/C29H8Br8N2O5/c30-17-13-14(18(31)22(35)21(17)34)27(42)38(26(13)41)11-5-1-9(2-6-11)25(40)10-3-7-12(8-4-10)39-28(43)15-16(29(39)44)20(33)24(37)23(36)19(15)32/h1-8H. The topological polar surface area (TPSA) is 91.8 Å². The number of hydrogen-bond donors (Lipinski definition) is 0. The summed E-state index contributed by atoms with van der Waals surface area (Å²) in [5.74, 6) is -2.36. The maximum Gasteiger partial charge on any atom is 0.267 e. The number of ketones is 1. The first-order valence-corrected chi connectivity index (χ1v) is 18.4. The predicted molar refractivity (Wildman–Crippen MR) is 193 cm³/mol. The summed E-state index contributed by atoms with van der Waals surface area (Å²) in [5.41, 5.74) is 2.10. The van der Waals surface area contributed by atoms with Crippen molar-refractivity contribution in [2.45, 2.75) is 0 Å². The van der Waals surface area contributed by atoms with E-state index in [9.17, 15) is 24.0 Å². The molecule has 0 spiro atoms. The molecule has 0 bridgehead atoms. The molecule has 44 heavy (non-hydrogen) atoms. The zero-order valence-corrected chi connectivity index (χ0v) is 33.8. The van der Waals surface area contributed by atoms with Gasteiger partial charge in [-0.15, -0.1) is 0 Å². The van der Waals surface area contributed by atoms with Crippen LogP contribution in [-0.2, 0) is 0 Å². The van der Waals surface area contributed by atoms with Gasteiger partial charge in [0.15, 0.2) is 5.78 Å². The Bertz CT molecular complexity index is 1810. The third-order valence-electron chi connectivity index (χ3n) is 6.98. The van der Waals surface area contributed by atoms with Crippen LogP contribution in [0.3, 0.4) is 0 Å². The molecular weight excluding hydrogens is 1100 g/mol. The number of benzene rings is 4. The van der Waals surface area contributed by atoms with E-state index < -0.39 is 23.6 Å². The van der Waals surface area contributed by atoms with E-state index in [0.29, 0.717) is 58.3 Å². The molecule has 0 aromatic heterocycles. The molecule has 0 saturated heterocycles. The van der Waals surface area contributed by atoms with Crippen LogP contribution in [0.1, 0.15) is 57.4 Å². The summed E-state index contributed by atoms with van der Waals surface area (Å²) >= 11 is 27.3. The van der Waals surface area contributed by atoms with Crippen LogP contribution in [0.25, 0.3) is 0 Å². The molecule has 220 valence electrons. The van der Waals surface area contributed by atoms with Crippen molar-refractivity contribution >= 4 is 168 Å². The largest absolute Gasteiger partial charge is 0.289 e. The first-order valence-electron chi connectivity index (χ1n) is 12.0. The molecule has 0 radical (unpaired) electrons. The average molecular weight is 1100 g/mol. The molecule has 0 N–H and O–H groups in total. The number of carbonyl (C=O) groups is 5. The lowest BCUT2D eigenvalue weighted by Gasteiger charge is -2.15. The zero-order chi connectivity index (χ0) is 31.9. The Morgan fingerprint density at radius 1 is 0.386 bits per heavy atom. The van der Waals surface area contributed by atoms with Crippen molar-refractivity contribution in [1.82, 2.24) is 0 Å². The fourth-order valence-corrected chi connectivity index (χ4v) is 9.77. The van der Waals surface area contributed by atoms with E-state index in [1.165, 1.54) is 48.5 Å². The lowest BCUT2D eigenvalue weighted by atomic mass is 10.0. The van der Waals surface area contributed by atoms with Crippen molar-refractivity contribution in [2.75, 3.05) is 9.80 Å². The molecule has 6 rings (SSSR count). The highest BCUT2D eigenvalue weighted by atomic mass is 79.9. The highest BCUT2D eigenvalue weighted by Crippen LogP contribution is 2.47. The zero-order valence-electron chi connectivity index (χ0n) is 21.1. The van der Waals surface area contributed by atoms with E-state index in [2.05, 4.69) is 127 Å². The lowest BCUT2D eigenvalue weighted by molar-refractivity contribution is 0.0910. The summed E-state index contributed by atoms with van der Waals surface area (Å²) in [4.78, 5) is 68.6. The number of halogens is 8. The Labute approximate surface area is 316 Å². The van der Waals surface area contributed by atoms with Crippen LogP contribution in [-0.4, -0.2) is 29.4 Å². The summed E-state index contributed by atoms with van der Waals surface area (Å²) in [5, 5.41) is 0. The third kappa shape index (κ3) is 4.87. The van der Waals surface area contributed by atoms with Crippen molar-refractivity contribution in [3.63, 3.8) is 0 Å². The van der Waals surface area contributed by atoms with Gasteiger partial charge in [0, 0.05) is 46.9 Å². The summed E-state index contributed by atoms with van der Waals surface area (Å²) < 4.78 is 4.13. The van der Waals surface area contributed by atoms with Crippen LogP contribution < -0.4 is 9.80 Å². The molecule has 4 amide bonds. The maximum absolute atomic E-state index is 13.3. The lowest BCUT2D eigenvalue weighted by Crippen LogP contribution is -2.29. The molecule has 0 saturated carbocycles. The van der Waals surface area contributed by atoms with E-state index in [-0.39, 0.29) is 28.0 Å². The Morgan fingerprint density at radius 3 is 0.841 bits per heavy atom. The van der Waals surface area contributed by atoms with Gasteiger partial charge in [-0.3, -0.25) is 24.0 Å². The number of nitrogens with zero attached hydrogens (tertiary/aromatic N) is 2. The number of fused-ring (bicyclic) bond motifs is 2. The smallest absolute Gasteiger partial charge is 0.267 e. The molecule has 15 heteroatoms. The van der Waals surface area contributed by atoms with Crippen LogP contribution in [0.2, 0.25) is 0 Å². The highest BCUT2D eigenvalue weighted by Gasteiger charge is 2.43. The number of rotatable bonds is 4. The van der Waals surface area contributed by atoms with E-state index in [4.69, 9.17) is 0 Å². The number of amides is 4. The monoisotopic (exact) mass is 1100 g/mol. The molecule has 4 aromatic carbocycles. The molecule has 0 fully saturated rings. The van der Waals surface area contributed by atoms with E-state index >= 15 is 0 Å². The third-order valence-corrected chi connectivity index (χ3v) is 16.5. The van der Waals surface area contributed by atoms with Crippen LogP contribution in [0, 0.1) is 0 Å². The van der Waals surface area contributed by atoms with Crippen LogP contribution in [0.5, 0.6) is 0 Å². The minimum absolute atomic E-state index is 0.218. The number of anilines is 2. The number of hydrogen-bond acceptors (Lipinski definition) is 5. The van der Waals surface area contributed by atoms with Crippen LogP contribution in [0.15, 0.2) is 84.3 Å². The molecule has 4 aromatic rings. The van der Waals surface area contributed by atoms with E-state index in [1.54, 1.807) is 0 Å². The molecule has 7 nitrogen and oxygen atoms in total. The minimum Gasteiger partial charge on any atom is -0.289 e. The summed E-state index contributed by atoms with van der Waals surface area (Å²) in [6.45, 7) is 0. The van der Waals surface area contributed by atoms with Crippen LogP contribution in [0.4, 0.5) is 11.4 Å². The summed E-state index contributed by atoms with van der Waals surface area (Å²) in [7, 11) is 0. The maximum atomic E-state index is 13.3. The molecule has 2 heterocycles. The normalized spacial score (nSPS) is 14.1. The quantitative estimate of drug-likeness (QED) is 0.0879. The molecule has 0 atom stereocenters. The van der Waals surface area contributed by atoms with Gasteiger partial charge in [0.05, 0.1) is 33.6 Å². The second-order valence-corrected chi connectivity index (χ2v) is 15.7. The second kappa shape index (κ2) is 12.0. The van der Waals surface area contributed by atoms with Crippen LogP contribution >= 0.6 is 127 Å². The van der Waals surface area contributed by atoms with Crippen molar-refractivity contribution in [3.8, 4) is 0 Å². The fourth-order valence-electron chi connectivity index (χ4n) is 4.86. The average Bonchev–Trinajstić information content (AvgIpc) is 3.44. The highest BCUT2D eigenvalue weighted by molar-refractivity contribution is 9.15. The van der Waals surface area contributed by atoms with E-state index in [1.807, 2.05) is 0 Å². The van der Waals surface area contributed by atoms with Gasteiger partial charge < -0.3 is 0 Å². The van der Waals surface area contributed by atoms with Gasteiger partial charge in [-0.2, -0.15) is 0 Å². The first kappa shape index (κ1) is 32.6. The van der Waals surface area contributed by atoms with Gasteiger partial charge >= 0.3 is 0 Å². The van der Waals surface area contributed by atoms with Crippen molar-refractivity contribution < 1.29 is 24.0 Å². The van der Waals surface area contributed by atoms with Gasteiger partial charge in [0.1, 0.15) is 0 Å². The molecule has 2 aliphatic rings. The van der Waals surface area contributed by atoms with Crippen molar-refractivity contribution in [1.29, 1.82) is 0 Å². The van der Waals surface area contributed by atoms with Gasteiger partial charge in [0.2, 0.25) is 0 Å². The first-order chi connectivity index (χ1) is 20.8. The van der Waals surface area contributed by atoms with Crippen molar-refractivity contribution in [3.05, 3.63) is 118 Å². The second-order valence-electron chi connectivity index (χ2n) is 9.33. The number of imide groups is 2. The van der Waals surface area contributed by atoms with Crippen molar-refractivity contribution in [2.24, 2.45) is 0 Å². The fraction of sp³-hybridized carbons (Fsp3) is 0. The SMILES string of the molecule is O=C(c1ccc(N2C(=O)c3c(Br)c(Br)c(Br)c(Br)c3C2=O)cc1)c1ccc(N2C(=O)c3c(Br)c(Br)c(Br)c(Br)c3C2=O)cc1. The Hall–Kier alpha value is -1.33. The summed E-state index contributed by atoms with van der Waals surface area (Å²) in [6.07, 6.45) is 0. The van der Waals surface area contributed by atoms with Gasteiger partial charge in [0.25, 0.3) is 23.6 Å². The van der Waals surface area contributed by atoms with E-state index in [0.717, 1.165) is 9.80 Å². The Kier molecular flexibility index (Phi) is 8.92. The Morgan fingerprint density at radius 2 is 0.614 bits per heavy atom. The molecule has 0 unspecified atom stereocenters.